The van der Waals surface area contributed by atoms with Crippen molar-refractivity contribution in [1.82, 2.24) is 10.2 Å². The molecule has 4 nitrogen and oxygen atoms in total. The molecule has 0 unspecified atom stereocenters. The number of carbonyl (C=O) groups is 2. The predicted octanol–water partition coefficient (Wildman–Crippen LogP) is 5.42. The maximum Gasteiger partial charge on any atom is 0.242 e. The molecule has 0 heterocycles. The zero-order chi connectivity index (χ0) is 22.2. The number of carbonyl (C=O) groups excluding carboxylic acids is 2. The van der Waals surface area contributed by atoms with Crippen LogP contribution in [0.25, 0.3) is 0 Å². The van der Waals surface area contributed by atoms with E-state index >= 15 is 0 Å². The zero-order valence-corrected chi connectivity index (χ0v) is 20.2. The van der Waals surface area contributed by atoms with Gasteiger partial charge in [-0.2, -0.15) is 0 Å². The second-order valence-electron chi connectivity index (χ2n) is 8.48. The fourth-order valence-corrected chi connectivity index (χ4v) is 4.36. The molecule has 0 saturated heterocycles. The molecule has 5 heteroatoms. The molecule has 3 rings (SSSR count). The van der Waals surface area contributed by atoms with E-state index in [-0.39, 0.29) is 17.9 Å². The van der Waals surface area contributed by atoms with Crippen LogP contribution in [0.2, 0.25) is 0 Å². The smallest absolute Gasteiger partial charge is 0.242 e. The Labute approximate surface area is 194 Å². The summed E-state index contributed by atoms with van der Waals surface area (Å²) in [5, 5.41) is 3.15. The van der Waals surface area contributed by atoms with Crippen molar-refractivity contribution in [3.8, 4) is 0 Å². The molecule has 1 saturated carbocycles. The fraction of sp³-hybridized carbons (Fsp3) is 0.462. The summed E-state index contributed by atoms with van der Waals surface area (Å²) < 4.78 is 0.997. The van der Waals surface area contributed by atoms with Gasteiger partial charge in [-0.05, 0) is 61.4 Å². The van der Waals surface area contributed by atoms with Gasteiger partial charge in [0, 0.05) is 23.5 Å². The highest BCUT2D eigenvalue weighted by atomic mass is 79.9. The molecule has 2 aromatic rings. The SMILES string of the molecule is CCc1ccc(CCC(=O)N(Cc2ccc(Br)cc2)[C@@H](C)C(=O)NC2CCCC2)cc1. The van der Waals surface area contributed by atoms with Crippen molar-refractivity contribution in [2.75, 3.05) is 0 Å². The van der Waals surface area contributed by atoms with Crippen LogP contribution in [0, 0.1) is 0 Å². The molecular formula is C26H33BrN2O2. The van der Waals surface area contributed by atoms with Crippen LogP contribution in [0.1, 0.15) is 62.6 Å². The third-order valence-electron chi connectivity index (χ3n) is 6.19. The zero-order valence-electron chi connectivity index (χ0n) is 18.6. The number of rotatable bonds is 9. The van der Waals surface area contributed by atoms with Gasteiger partial charge in [0.1, 0.15) is 6.04 Å². The van der Waals surface area contributed by atoms with Gasteiger partial charge in [-0.25, -0.2) is 0 Å². The summed E-state index contributed by atoms with van der Waals surface area (Å²) in [5.74, 6) is -0.0405. The second kappa shape index (κ2) is 11.5. The van der Waals surface area contributed by atoms with E-state index in [1.807, 2.05) is 31.2 Å². The first kappa shape index (κ1) is 23.5. The minimum Gasteiger partial charge on any atom is -0.352 e. The van der Waals surface area contributed by atoms with Gasteiger partial charge >= 0.3 is 0 Å². The molecule has 0 aromatic heterocycles. The van der Waals surface area contributed by atoms with E-state index in [1.54, 1.807) is 4.90 Å². The van der Waals surface area contributed by atoms with Crippen LogP contribution < -0.4 is 5.32 Å². The summed E-state index contributed by atoms with van der Waals surface area (Å²) in [4.78, 5) is 27.9. The number of nitrogens with zero attached hydrogens (tertiary/aromatic N) is 1. The molecule has 1 atom stereocenters. The quantitative estimate of drug-likeness (QED) is 0.516. The maximum atomic E-state index is 13.2. The van der Waals surface area contributed by atoms with Gasteiger partial charge in [0.25, 0.3) is 0 Å². The Morgan fingerprint density at radius 1 is 1.00 bits per heavy atom. The molecule has 166 valence electrons. The number of hydrogen-bond acceptors (Lipinski definition) is 2. The molecule has 0 spiro atoms. The standard InChI is InChI=1S/C26H33BrN2O2/c1-3-20-8-10-21(11-9-20)14-17-25(30)29(18-22-12-15-23(27)16-13-22)19(2)26(31)28-24-6-4-5-7-24/h8-13,15-16,19,24H,3-7,14,17-18H2,1-2H3,(H,28,31)/t19-/m0/s1. The highest BCUT2D eigenvalue weighted by molar-refractivity contribution is 9.10. The van der Waals surface area contributed by atoms with Crippen LogP contribution in [0.4, 0.5) is 0 Å². The summed E-state index contributed by atoms with van der Waals surface area (Å²) in [5.41, 5.74) is 3.46. The van der Waals surface area contributed by atoms with Gasteiger partial charge in [-0.3, -0.25) is 9.59 Å². The number of benzene rings is 2. The number of nitrogens with one attached hydrogen (secondary N) is 1. The molecule has 1 fully saturated rings. The van der Waals surface area contributed by atoms with E-state index in [0.29, 0.717) is 19.4 Å². The lowest BCUT2D eigenvalue weighted by Crippen LogP contribution is -2.49. The number of aryl methyl sites for hydroxylation is 2. The summed E-state index contributed by atoms with van der Waals surface area (Å²) in [7, 11) is 0. The molecule has 0 radical (unpaired) electrons. The largest absolute Gasteiger partial charge is 0.352 e. The van der Waals surface area contributed by atoms with Gasteiger partial charge in [0.2, 0.25) is 11.8 Å². The van der Waals surface area contributed by atoms with Crippen molar-refractivity contribution in [1.29, 1.82) is 0 Å². The van der Waals surface area contributed by atoms with Crippen LogP contribution in [0.5, 0.6) is 0 Å². The van der Waals surface area contributed by atoms with Crippen molar-refractivity contribution < 1.29 is 9.59 Å². The van der Waals surface area contributed by atoms with Gasteiger partial charge in [-0.15, -0.1) is 0 Å². The van der Waals surface area contributed by atoms with Crippen LogP contribution in [-0.4, -0.2) is 28.8 Å². The monoisotopic (exact) mass is 484 g/mol. The Balaban J connectivity index is 1.68. The first-order valence-corrected chi connectivity index (χ1v) is 12.2. The van der Waals surface area contributed by atoms with Crippen LogP contribution in [-0.2, 0) is 29.0 Å². The lowest BCUT2D eigenvalue weighted by molar-refractivity contribution is -0.140. The van der Waals surface area contributed by atoms with Crippen molar-refractivity contribution in [2.24, 2.45) is 0 Å². The molecule has 1 aliphatic rings. The van der Waals surface area contributed by atoms with Crippen LogP contribution in [0.3, 0.4) is 0 Å². The topological polar surface area (TPSA) is 49.4 Å². The van der Waals surface area contributed by atoms with Gasteiger partial charge in [-0.1, -0.05) is 72.1 Å². The van der Waals surface area contributed by atoms with E-state index in [9.17, 15) is 9.59 Å². The first-order chi connectivity index (χ1) is 15.0. The van der Waals surface area contributed by atoms with Gasteiger partial charge in [0.05, 0.1) is 0 Å². The Bertz CT molecular complexity index is 858. The third kappa shape index (κ3) is 6.93. The Hall–Kier alpha value is -2.14. The van der Waals surface area contributed by atoms with Crippen molar-refractivity contribution in [2.45, 2.75) is 77.4 Å². The lowest BCUT2D eigenvalue weighted by atomic mass is 10.0. The lowest BCUT2D eigenvalue weighted by Gasteiger charge is -2.30. The summed E-state index contributed by atoms with van der Waals surface area (Å²) in [6.45, 7) is 4.41. The van der Waals surface area contributed by atoms with Gasteiger partial charge < -0.3 is 10.2 Å². The van der Waals surface area contributed by atoms with E-state index in [4.69, 9.17) is 0 Å². The second-order valence-corrected chi connectivity index (χ2v) is 9.40. The molecule has 2 aromatic carbocycles. The van der Waals surface area contributed by atoms with Crippen LogP contribution in [0.15, 0.2) is 53.0 Å². The molecular weight excluding hydrogens is 452 g/mol. The Morgan fingerprint density at radius 3 is 2.19 bits per heavy atom. The number of halogens is 1. The molecule has 1 N–H and O–H groups in total. The molecule has 1 aliphatic carbocycles. The van der Waals surface area contributed by atoms with Crippen molar-refractivity contribution in [3.05, 3.63) is 69.7 Å². The molecule has 31 heavy (non-hydrogen) atoms. The summed E-state index contributed by atoms with van der Waals surface area (Å²) >= 11 is 3.46. The highest BCUT2D eigenvalue weighted by Gasteiger charge is 2.28. The number of hydrogen-bond donors (Lipinski definition) is 1. The third-order valence-corrected chi connectivity index (χ3v) is 6.72. The average molecular weight is 485 g/mol. The average Bonchev–Trinajstić information content (AvgIpc) is 3.30. The first-order valence-electron chi connectivity index (χ1n) is 11.4. The van der Waals surface area contributed by atoms with E-state index in [0.717, 1.165) is 47.7 Å². The molecule has 0 aliphatic heterocycles. The maximum absolute atomic E-state index is 13.2. The number of amides is 2. The predicted molar refractivity (Wildman–Crippen MR) is 129 cm³/mol. The van der Waals surface area contributed by atoms with Crippen LogP contribution >= 0.6 is 15.9 Å². The van der Waals surface area contributed by atoms with E-state index < -0.39 is 6.04 Å². The Kier molecular flexibility index (Phi) is 8.70. The summed E-state index contributed by atoms with van der Waals surface area (Å²) in [6, 6.07) is 16.1. The van der Waals surface area contributed by atoms with Gasteiger partial charge in [0.15, 0.2) is 0 Å². The highest BCUT2D eigenvalue weighted by Crippen LogP contribution is 2.19. The Morgan fingerprint density at radius 2 is 1.58 bits per heavy atom. The molecule has 2 amide bonds. The fourth-order valence-electron chi connectivity index (χ4n) is 4.10. The normalized spacial score (nSPS) is 14.9. The summed E-state index contributed by atoms with van der Waals surface area (Å²) in [6.07, 6.45) is 6.47. The van der Waals surface area contributed by atoms with E-state index in [2.05, 4.69) is 52.4 Å². The molecule has 0 bridgehead atoms. The van der Waals surface area contributed by atoms with Crippen molar-refractivity contribution in [3.63, 3.8) is 0 Å². The minimum atomic E-state index is -0.501. The minimum absolute atomic E-state index is 0.0107. The van der Waals surface area contributed by atoms with Crippen molar-refractivity contribution >= 4 is 27.7 Å². The van der Waals surface area contributed by atoms with E-state index in [1.165, 1.54) is 5.56 Å².